The predicted molar refractivity (Wildman–Crippen MR) is 134 cm³/mol. The number of aryl methyl sites for hydroxylation is 1. The summed E-state index contributed by atoms with van der Waals surface area (Å²) in [6.07, 6.45) is 5.99. The third-order valence-electron chi connectivity index (χ3n) is 5.60. The first kappa shape index (κ1) is 22.6. The van der Waals surface area contributed by atoms with Gasteiger partial charge in [0.1, 0.15) is 5.82 Å². The van der Waals surface area contributed by atoms with E-state index in [1.165, 1.54) is 23.5 Å². The van der Waals surface area contributed by atoms with E-state index in [9.17, 15) is 14.0 Å². The number of fused-ring (bicyclic) bond motifs is 1. The molecule has 0 radical (unpaired) electrons. The molecule has 5 aromatic rings. The molecule has 174 valence electrons. The Kier molecular flexibility index (Phi) is 6.45. The first-order valence-electron chi connectivity index (χ1n) is 11.1. The molecule has 0 aliphatic rings. The minimum Gasteiger partial charge on any atom is -0.337 e. The lowest BCUT2D eigenvalue weighted by atomic mass is 10.0. The van der Waals surface area contributed by atoms with Crippen molar-refractivity contribution in [2.45, 2.75) is 13.0 Å². The number of aromatic nitrogens is 3. The predicted octanol–water partition coefficient (Wildman–Crippen LogP) is 5.60. The molecule has 8 heteroatoms. The molecule has 0 bridgehead atoms. The highest BCUT2D eigenvalue weighted by Gasteiger charge is 2.22. The average Bonchev–Trinajstić information content (AvgIpc) is 3.56. The van der Waals surface area contributed by atoms with Crippen molar-refractivity contribution >= 4 is 38.4 Å². The van der Waals surface area contributed by atoms with Gasteiger partial charge >= 0.3 is 0 Å². The maximum absolute atomic E-state index is 13.7. The van der Waals surface area contributed by atoms with Crippen LogP contribution in [-0.4, -0.2) is 32.8 Å². The molecule has 1 amide bonds. The summed E-state index contributed by atoms with van der Waals surface area (Å²) >= 11 is 1.28. The largest absolute Gasteiger partial charge is 0.337 e. The second-order valence-corrected chi connectivity index (χ2v) is 9.00. The highest BCUT2D eigenvalue weighted by molar-refractivity contribution is 7.22. The highest BCUT2D eigenvalue weighted by Crippen LogP contribution is 2.30. The van der Waals surface area contributed by atoms with Gasteiger partial charge in [0.2, 0.25) is 0 Å². The molecule has 0 fully saturated rings. The summed E-state index contributed by atoms with van der Waals surface area (Å²) in [5.74, 6) is -0.673. The number of benzene rings is 3. The van der Waals surface area contributed by atoms with Crippen LogP contribution in [0.25, 0.3) is 10.2 Å². The third kappa shape index (κ3) is 5.02. The number of ketones is 1. The molecule has 5 rings (SSSR count). The summed E-state index contributed by atoms with van der Waals surface area (Å²) < 4.78 is 16.3. The molecular formula is C27H21FN4O2S. The zero-order chi connectivity index (χ0) is 24.2. The number of carbonyl (C=O) groups is 2. The maximum atomic E-state index is 13.7. The zero-order valence-corrected chi connectivity index (χ0v) is 19.5. The summed E-state index contributed by atoms with van der Waals surface area (Å²) in [6, 6.07) is 20.1. The van der Waals surface area contributed by atoms with Crippen LogP contribution in [0.15, 0.2) is 91.5 Å². The van der Waals surface area contributed by atoms with Crippen molar-refractivity contribution in [2.24, 2.45) is 0 Å². The number of carbonyl (C=O) groups excluding carboxylic acids is 2. The number of hydrogen-bond acceptors (Lipinski definition) is 5. The lowest BCUT2D eigenvalue weighted by Crippen LogP contribution is -2.32. The van der Waals surface area contributed by atoms with Gasteiger partial charge in [-0.1, -0.05) is 53.8 Å². The van der Waals surface area contributed by atoms with Crippen LogP contribution in [0.4, 0.5) is 9.52 Å². The van der Waals surface area contributed by atoms with Crippen LogP contribution < -0.4 is 4.90 Å². The Hall–Kier alpha value is -4.17. The molecule has 0 atom stereocenters. The van der Waals surface area contributed by atoms with Crippen molar-refractivity contribution in [1.82, 2.24) is 14.5 Å². The van der Waals surface area contributed by atoms with Gasteiger partial charge in [-0.15, -0.1) is 0 Å². The monoisotopic (exact) mass is 484 g/mol. The van der Waals surface area contributed by atoms with E-state index in [2.05, 4.69) is 9.97 Å². The van der Waals surface area contributed by atoms with Gasteiger partial charge in [0.05, 0.1) is 16.5 Å². The molecule has 2 aromatic heterocycles. The lowest BCUT2D eigenvalue weighted by Gasteiger charge is -2.20. The maximum Gasteiger partial charge on any atom is 0.260 e. The molecule has 0 saturated carbocycles. The van der Waals surface area contributed by atoms with Crippen LogP contribution in [0.2, 0.25) is 0 Å². The van der Waals surface area contributed by atoms with Crippen molar-refractivity contribution in [2.75, 3.05) is 11.4 Å². The van der Waals surface area contributed by atoms with Crippen molar-refractivity contribution in [3.8, 4) is 0 Å². The second kappa shape index (κ2) is 9.99. The topological polar surface area (TPSA) is 68.1 Å². The number of rotatable bonds is 8. The number of anilines is 1. The number of imidazole rings is 1. The van der Waals surface area contributed by atoms with E-state index < -0.39 is 0 Å². The Balaban J connectivity index is 1.40. The first-order chi connectivity index (χ1) is 17.1. The second-order valence-electron chi connectivity index (χ2n) is 7.99. The fraction of sp³-hybridized carbons (Fsp3) is 0.111. The van der Waals surface area contributed by atoms with Crippen LogP contribution in [0.1, 0.15) is 32.7 Å². The van der Waals surface area contributed by atoms with E-state index in [1.54, 1.807) is 59.9 Å². The Morgan fingerprint density at radius 3 is 2.43 bits per heavy atom. The van der Waals surface area contributed by atoms with Gasteiger partial charge in [-0.2, -0.15) is 0 Å². The van der Waals surface area contributed by atoms with Gasteiger partial charge in [0.15, 0.2) is 10.9 Å². The van der Waals surface area contributed by atoms with Crippen LogP contribution in [0.5, 0.6) is 0 Å². The van der Waals surface area contributed by atoms with Gasteiger partial charge < -0.3 is 4.57 Å². The van der Waals surface area contributed by atoms with Crippen molar-refractivity contribution < 1.29 is 14.0 Å². The molecule has 0 unspecified atom stereocenters. The Labute approximate surface area is 205 Å². The third-order valence-corrected chi connectivity index (χ3v) is 6.64. The molecule has 6 nitrogen and oxygen atoms in total. The molecule has 0 N–H and O–H groups in total. The van der Waals surface area contributed by atoms with Gasteiger partial charge in [0.25, 0.3) is 5.91 Å². The van der Waals surface area contributed by atoms with Crippen molar-refractivity contribution in [3.05, 3.63) is 114 Å². The summed E-state index contributed by atoms with van der Waals surface area (Å²) in [7, 11) is 0. The number of hydrogen-bond donors (Lipinski definition) is 0. The van der Waals surface area contributed by atoms with Gasteiger partial charge in [-0.05, 0) is 36.8 Å². The number of nitrogens with zero attached hydrogens (tertiary/aromatic N) is 4. The molecule has 0 aliphatic carbocycles. The van der Waals surface area contributed by atoms with E-state index in [0.29, 0.717) is 51.5 Å². The van der Waals surface area contributed by atoms with E-state index in [1.807, 2.05) is 29.0 Å². The van der Waals surface area contributed by atoms with Gasteiger partial charge in [-0.25, -0.2) is 14.4 Å². The number of halogens is 1. The highest BCUT2D eigenvalue weighted by atomic mass is 32.1. The van der Waals surface area contributed by atoms with E-state index >= 15 is 0 Å². The van der Waals surface area contributed by atoms with Crippen LogP contribution in [-0.2, 0) is 6.54 Å². The van der Waals surface area contributed by atoms with Crippen molar-refractivity contribution in [3.63, 3.8) is 0 Å². The zero-order valence-electron chi connectivity index (χ0n) is 18.7. The Morgan fingerprint density at radius 2 is 1.69 bits per heavy atom. The molecule has 0 saturated heterocycles. The quantitative estimate of drug-likeness (QED) is 0.269. The molecule has 35 heavy (non-hydrogen) atoms. The Morgan fingerprint density at radius 1 is 0.943 bits per heavy atom. The molecular weight excluding hydrogens is 463 g/mol. The van der Waals surface area contributed by atoms with Crippen LogP contribution in [0.3, 0.4) is 0 Å². The smallest absolute Gasteiger partial charge is 0.260 e. The summed E-state index contributed by atoms with van der Waals surface area (Å²) in [4.78, 5) is 36.5. The minimum absolute atomic E-state index is 0.102. The molecule has 3 aromatic carbocycles. The van der Waals surface area contributed by atoms with Crippen LogP contribution >= 0.6 is 11.3 Å². The van der Waals surface area contributed by atoms with Gasteiger partial charge in [0, 0.05) is 42.2 Å². The summed E-state index contributed by atoms with van der Waals surface area (Å²) in [6.45, 7) is 1.11. The van der Waals surface area contributed by atoms with Gasteiger partial charge in [-0.3, -0.25) is 14.5 Å². The SMILES string of the molecule is O=C(c1ccccc1)c1ccc(C(=O)N(CCCn2ccnc2)c2nc3ccc(F)cc3s2)cc1. The average molecular weight is 485 g/mol. The molecule has 0 aliphatic heterocycles. The molecule has 0 spiro atoms. The van der Waals surface area contributed by atoms with E-state index in [4.69, 9.17) is 0 Å². The first-order valence-corrected chi connectivity index (χ1v) is 11.9. The lowest BCUT2D eigenvalue weighted by molar-refractivity contribution is 0.0984. The summed E-state index contributed by atoms with van der Waals surface area (Å²) in [5.41, 5.74) is 2.19. The normalized spacial score (nSPS) is 11.0. The summed E-state index contributed by atoms with van der Waals surface area (Å²) in [5, 5.41) is 0.505. The standard InChI is InChI=1S/C27H21FN4O2S/c28-22-11-12-23-24(17-22)35-27(30-23)32(15-4-14-31-16-13-29-18-31)26(34)21-9-7-20(8-10-21)25(33)19-5-2-1-3-6-19/h1-3,5-13,16-18H,4,14-15H2. The fourth-order valence-corrected chi connectivity index (χ4v) is 4.81. The Bertz CT molecular complexity index is 1460. The number of amides is 1. The van der Waals surface area contributed by atoms with E-state index in [-0.39, 0.29) is 17.5 Å². The number of thiazole rings is 1. The van der Waals surface area contributed by atoms with Crippen LogP contribution in [0, 0.1) is 5.82 Å². The fourth-order valence-electron chi connectivity index (χ4n) is 3.79. The van der Waals surface area contributed by atoms with Crippen molar-refractivity contribution in [1.29, 1.82) is 0 Å². The van der Waals surface area contributed by atoms with E-state index in [0.717, 1.165) is 0 Å². The molecule has 2 heterocycles. The minimum atomic E-state index is -0.343.